The highest BCUT2D eigenvalue weighted by Crippen LogP contribution is 2.33. The van der Waals surface area contributed by atoms with Crippen molar-refractivity contribution in [2.24, 2.45) is 0 Å². The van der Waals surface area contributed by atoms with E-state index < -0.39 is 24.4 Å². The predicted molar refractivity (Wildman–Crippen MR) is 89.6 cm³/mol. The summed E-state index contributed by atoms with van der Waals surface area (Å²) in [7, 11) is 0. The van der Waals surface area contributed by atoms with E-state index in [1.54, 1.807) is 0 Å². The van der Waals surface area contributed by atoms with Crippen molar-refractivity contribution in [3.63, 3.8) is 0 Å². The molecule has 0 aliphatic carbocycles. The number of nitrogens with zero attached hydrogens (tertiary/aromatic N) is 1. The average molecular weight is 417 g/mol. The van der Waals surface area contributed by atoms with Gasteiger partial charge in [-0.15, -0.1) is 0 Å². The number of hydrogen-bond acceptors (Lipinski definition) is 5. The van der Waals surface area contributed by atoms with E-state index in [1.165, 1.54) is 0 Å². The van der Waals surface area contributed by atoms with Gasteiger partial charge in [0, 0.05) is 28.1 Å². The molecule has 2 fully saturated rings. The van der Waals surface area contributed by atoms with Gasteiger partial charge in [-0.2, -0.15) is 0 Å². The van der Waals surface area contributed by atoms with Crippen molar-refractivity contribution in [2.75, 3.05) is 6.54 Å². The van der Waals surface area contributed by atoms with Crippen LogP contribution in [0.5, 0.6) is 0 Å². The zero-order valence-corrected chi connectivity index (χ0v) is 14.3. The standard InChI is InChI=1S/C16H20INO4/c17-10-3-1-9(2-4-10)13(20)7-11-5-6-12(19)15-16(22)14(21)8-18(11)15/h1-4,11-12,14-16,19,21-22H,5-8H2/t11-,12-,14-,15-,16-/m1/s1. The number of halogens is 1. The van der Waals surface area contributed by atoms with Gasteiger partial charge < -0.3 is 15.3 Å². The SMILES string of the molecule is O=C(C[C@H]1CC[C@@H](O)[C@@H]2[C@H](O)[C@H](O)CN12)c1ccc(I)cc1. The molecule has 0 unspecified atom stereocenters. The summed E-state index contributed by atoms with van der Waals surface area (Å²) in [5, 5.41) is 30.0. The average Bonchev–Trinajstić information content (AvgIpc) is 2.79. The number of carbonyl (C=O) groups excluding carboxylic acids is 1. The lowest BCUT2D eigenvalue weighted by Gasteiger charge is -2.40. The Hall–Kier alpha value is -0.540. The second-order valence-corrected chi connectivity index (χ2v) is 7.42. The van der Waals surface area contributed by atoms with Crippen LogP contribution in [0, 0.1) is 3.57 Å². The van der Waals surface area contributed by atoms with Gasteiger partial charge in [-0.05, 0) is 47.6 Å². The summed E-state index contributed by atoms with van der Waals surface area (Å²) < 4.78 is 1.08. The number of benzene rings is 1. The van der Waals surface area contributed by atoms with Crippen molar-refractivity contribution in [3.8, 4) is 0 Å². The van der Waals surface area contributed by atoms with Gasteiger partial charge in [0.25, 0.3) is 0 Å². The Labute approximate surface area is 143 Å². The van der Waals surface area contributed by atoms with Crippen molar-refractivity contribution >= 4 is 28.4 Å². The quantitative estimate of drug-likeness (QED) is 0.501. The van der Waals surface area contributed by atoms with E-state index in [0.717, 1.165) is 3.57 Å². The van der Waals surface area contributed by atoms with Gasteiger partial charge in [-0.3, -0.25) is 9.69 Å². The van der Waals surface area contributed by atoms with Crippen LogP contribution in [0.25, 0.3) is 0 Å². The number of aliphatic hydroxyl groups excluding tert-OH is 3. The third kappa shape index (κ3) is 3.07. The topological polar surface area (TPSA) is 81.0 Å². The summed E-state index contributed by atoms with van der Waals surface area (Å²) in [6.07, 6.45) is -0.830. The third-order valence-corrected chi connectivity index (χ3v) is 5.49. The van der Waals surface area contributed by atoms with Crippen LogP contribution in [0.15, 0.2) is 24.3 Å². The smallest absolute Gasteiger partial charge is 0.164 e. The maximum Gasteiger partial charge on any atom is 0.164 e. The summed E-state index contributed by atoms with van der Waals surface area (Å²) in [5.74, 6) is 0.0624. The minimum Gasteiger partial charge on any atom is -0.391 e. The number of ketones is 1. The normalized spacial score (nSPS) is 35.4. The largest absolute Gasteiger partial charge is 0.391 e. The third-order valence-electron chi connectivity index (χ3n) is 4.77. The molecule has 0 aromatic heterocycles. The van der Waals surface area contributed by atoms with Gasteiger partial charge >= 0.3 is 0 Å². The molecule has 5 nitrogen and oxygen atoms in total. The van der Waals surface area contributed by atoms with Crippen molar-refractivity contribution in [1.29, 1.82) is 0 Å². The Bertz CT molecular complexity index is 550. The van der Waals surface area contributed by atoms with Crippen LogP contribution in [0.4, 0.5) is 0 Å². The molecule has 6 heteroatoms. The van der Waals surface area contributed by atoms with Crippen molar-refractivity contribution in [3.05, 3.63) is 33.4 Å². The van der Waals surface area contributed by atoms with Gasteiger partial charge in [-0.1, -0.05) is 12.1 Å². The lowest BCUT2D eigenvalue weighted by molar-refractivity contribution is -0.0453. The zero-order chi connectivity index (χ0) is 15.9. The maximum absolute atomic E-state index is 12.4. The molecule has 3 N–H and O–H groups in total. The number of fused-ring (bicyclic) bond motifs is 1. The Morgan fingerprint density at radius 3 is 2.50 bits per heavy atom. The zero-order valence-electron chi connectivity index (χ0n) is 12.1. The summed E-state index contributed by atoms with van der Waals surface area (Å²) in [5.41, 5.74) is 0.684. The summed E-state index contributed by atoms with van der Waals surface area (Å²) in [4.78, 5) is 14.4. The van der Waals surface area contributed by atoms with Crippen LogP contribution in [0.2, 0.25) is 0 Å². The predicted octanol–water partition coefficient (Wildman–Crippen LogP) is 0.793. The molecule has 2 aliphatic rings. The molecule has 1 aromatic carbocycles. The van der Waals surface area contributed by atoms with Gasteiger partial charge in [0.2, 0.25) is 0 Å². The summed E-state index contributed by atoms with van der Waals surface area (Å²) in [6, 6.07) is 6.97. The molecule has 2 aliphatic heterocycles. The molecule has 0 bridgehead atoms. The summed E-state index contributed by atoms with van der Waals surface area (Å²) >= 11 is 2.20. The number of Topliss-reactive ketones (excluding diaryl/α,β-unsaturated/α-hetero) is 1. The minimum atomic E-state index is -0.939. The van der Waals surface area contributed by atoms with E-state index in [4.69, 9.17) is 0 Å². The first-order chi connectivity index (χ1) is 10.5. The Morgan fingerprint density at radius 1 is 1.14 bits per heavy atom. The number of rotatable bonds is 3. The highest BCUT2D eigenvalue weighted by atomic mass is 127. The highest BCUT2D eigenvalue weighted by Gasteiger charge is 2.49. The van der Waals surface area contributed by atoms with E-state index in [2.05, 4.69) is 22.6 Å². The highest BCUT2D eigenvalue weighted by molar-refractivity contribution is 14.1. The van der Waals surface area contributed by atoms with E-state index >= 15 is 0 Å². The number of piperidine rings is 1. The Morgan fingerprint density at radius 2 is 1.82 bits per heavy atom. The maximum atomic E-state index is 12.4. The second-order valence-electron chi connectivity index (χ2n) is 6.18. The van der Waals surface area contributed by atoms with Crippen LogP contribution in [-0.4, -0.2) is 62.9 Å². The van der Waals surface area contributed by atoms with Crippen LogP contribution in [-0.2, 0) is 0 Å². The molecule has 5 atom stereocenters. The molecule has 0 spiro atoms. The molecule has 2 saturated heterocycles. The van der Waals surface area contributed by atoms with Gasteiger partial charge in [0.1, 0.15) is 0 Å². The fourth-order valence-corrected chi connectivity index (χ4v) is 3.96. The number of hydrogen-bond donors (Lipinski definition) is 3. The molecule has 22 heavy (non-hydrogen) atoms. The van der Waals surface area contributed by atoms with E-state index in [1.807, 2.05) is 29.2 Å². The molecule has 0 radical (unpaired) electrons. The Kier molecular flexibility index (Phi) is 4.84. The van der Waals surface area contributed by atoms with Crippen LogP contribution < -0.4 is 0 Å². The second kappa shape index (κ2) is 6.52. The number of carbonyl (C=O) groups is 1. The van der Waals surface area contributed by atoms with E-state index in [9.17, 15) is 20.1 Å². The molecular weight excluding hydrogens is 397 g/mol. The molecule has 120 valence electrons. The molecule has 3 rings (SSSR count). The van der Waals surface area contributed by atoms with Crippen LogP contribution in [0.3, 0.4) is 0 Å². The van der Waals surface area contributed by atoms with Crippen LogP contribution >= 0.6 is 22.6 Å². The van der Waals surface area contributed by atoms with Crippen molar-refractivity contribution in [2.45, 2.75) is 49.7 Å². The first-order valence-electron chi connectivity index (χ1n) is 7.56. The van der Waals surface area contributed by atoms with Crippen LogP contribution in [0.1, 0.15) is 29.6 Å². The first kappa shape index (κ1) is 16.3. The minimum absolute atomic E-state index is 0.0352. The van der Waals surface area contributed by atoms with Crippen molar-refractivity contribution in [1.82, 2.24) is 4.90 Å². The monoisotopic (exact) mass is 417 g/mol. The Balaban J connectivity index is 1.72. The van der Waals surface area contributed by atoms with Gasteiger partial charge in [0.05, 0.1) is 24.4 Å². The first-order valence-corrected chi connectivity index (χ1v) is 8.64. The molecule has 0 saturated carbocycles. The molecule has 2 heterocycles. The molecule has 1 aromatic rings. The molecule has 0 amide bonds. The number of aliphatic hydroxyl groups is 3. The van der Waals surface area contributed by atoms with E-state index in [0.29, 0.717) is 31.4 Å². The summed E-state index contributed by atoms with van der Waals surface area (Å²) in [6.45, 7) is 0.313. The lowest BCUT2D eigenvalue weighted by atomic mass is 9.89. The fourth-order valence-electron chi connectivity index (χ4n) is 3.60. The van der Waals surface area contributed by atoms with Crippen molar-refractivity contribution < 1.29 is 20.1 Å². The van der Waals surface area contributed by atoms with E-state index in [-0.39, 0.29) is 11.8 Å². The van der Waals surface area contributed by atoms with Gasteiger partial charge in [-0.25, -0.2) is 0 Å². The molecular formula is C16H20INO4. The van der Waals surface area contributed by atoms with Gasteiger partial charge in [0.15, 0.2) is 5.78 Å². The lowest BCUT2D eigenvalue weighted by Crippen LogP contribution is -2.53. The fraction of sp³-hybridized carbons (Fsp3) is 0.562.